The summed E-state index contributed by atoms with van der Waals surface area (Å²) in [6.07, 6.45) is 0.825. The van der Waals surface area contributed by atoms with E-state index in [1.807, 2.05) is 23.6 Å². The topological polar surface area (TPSA) is 48.1 Å². The van der Waals surface area contributed by atoms with Gasteiger partial charge in [0.25, 0.3) is 0 Å². The van der Waals surface area contributed by atoms with E-state index >= 15 is 0 Å². The van der Waals surface area contributed by atoms with Gasteiger partial charge < -0.3 is 10.5 Å². The van der Waals surface area contributed by atoms with Gasteiger partial charge in [0.05, 0.1) is 16.2 Å². The number of nitrogens with zero attached hydrogens (tertiary/aromatic N) is 1. The summed E-state index contributed by atoms with van der Waals surface area (Å²) in [7, 11) is 0. The maximum Gasteiger partial charge on any atom is 0.138 e. The number of rotatable bonds is 5. The molecule has 0 atom stereocenters. The van der Waals surface area contributed by atoms with Crippen molar-refractivity contribution in [3.8, 4) is 5.75 Å². The molecule has 17 heavy (non-hydrogen) atoms. The highest BCUT2D eigenvalue weighted by Gasteiger charge is 2.04. The maximum atomic E-state index is 6.12. The van der Waals surface area contributed by atoms with Crippen molar-refractivity contribution in [2.75, 3.05) is 6.54 Å². The fraction of sp³-hybridized carbons (Fsp3) is 0.250. The van der Waals surface area contributed by atoms with E-state index in [1.165, 1.54) is 0 Å². The van der Waals surface area contributed by atoms with Gasteiger partial charge in [0, 0.05) is 5.38 Å². The molecule has 2 rings (SSSR count). The Morgan fingerprint density at radius 3 is 2.94 bits per heavy atom. The van der Waals surface area contributed by atoms with Crippen molar-refractivity contribution in [3.05, 3.63) is 45.4 Å². The quantitative estimate of drug-likeness (QED) is 0.907. The molecule has 0 aliphatic heterocycles. The van der Waals surface area contributed by atoms with Gasteiger partial charge in [-0.05, 0) is 30.7 Å². The molecule has 5 heteroatoms. The molecule has 0 amide bonds. The lowest BCUT2D eigenvalue weighted by molar-refractivity contribution is 0.302. The van der Waals surface area contributed by atoms with E-state index in [1.54, 1.807) is 16.8 Å². The van der Waals surface area contributed by atoms with Gasteiger partial charge in [-0.15, -0.1) is 11.3 Å². The van der Waals surface area contributed by atoms with Gasteiger partial charge >= 0.3 is 0 Å². The number of thiazole rings is 1. The molecule has 0 saturated heterocycles. The molecule has 2 aromatic rings. The van der Waals surface area contributed by atoms with Gasteiger partial charge in [-0.3, -0.25) is 0 Å². The number of aromatic nitrogens is 1. The standard InChI is InChI=1S/C12H13ClN2OS/c13-11-5-9(3-4-14)1-2-12(11)16-6-10-7-17-8-15-10/h1-2,5,7-8H,3-4,6,14H2. The molecule has 0 saturated carbocycles. The van der Waals surface area contributed by atoms with Crippen molar-refractivity contribution in [2.45, 2.75) is 13.0 Å². The minimum Gasteiger partial charge on any atom is -0.486 e. The van der Waals surface area contributed by atoms with Crippen LogP contribution in [0.1, 0.15) is 11.3 Å². The smallest absolute Gasteiger partial charge is 0.138 e. The molecule has 90 valence electrons. The van der Waals surface area contributed by atoms with Crippen molar-refractivity contribution >= 4 is 22.9 Å². The van der Waals surface area contributed by atoms with Crippen LogP contribution in [0.2, 0.25) is 5.02 Å². The second-order valence-corrected chi connectivity index (χ2v) is 4.70. The van der Waals surface area contributed by atoms with Crippen LogP contribution in [-0.2, 0) is 13.0 Å². The Labute approximate surface area is 109 Å². The molecule has 2 N–H and O–H groups in total. The number of nitrogens with two attached hydrogens (primary N) is 1. The van der Waals surface area contributed by atoms with E-state index in [4.69, 9.17) is 22.1 Å². The second-order valence-electron chi connectivity index (χ2n) is 3.57. The average molecular weight is 269 g/mol. The molecule has 0 aliphatic rings. The number of ether oxygens (including phenoxy) is 1. The van der Waals surface area contributed by atoms with Crippen LogP contribution in [0.3, 0.4) is 0 Å². The van der Waals surface area contributed by atoms with Crippen LogP contribution in [0.4, 0.5) is 0 Å². The Kier molecular flexibility index (Phi) is 4.36. The summed E-state index contributed by atoms with van der Waals surface area (Å²) in [6.45, 7) is 1.06. The fourth-order valence-electron chi connectivity index (χ4n) is 1.44. The summed E-state index contributed by atoms with van der Waals surface area (Å²) in [5.74, 6) is 0.681. The molecule has 0 radical (unpaired) electrons. The molecule has 1 aromatic heterocycles. The van der Waals surface area contributed by atoms with E-state index in [-0.39, 0.29) is 0 Å². The first-order valence-corrected chi connectivity index (χ1v) is 6.60. The summed E-state index contributed by atoms with van der Waals surface area (Å²) >= 11 is 7.67. The van der Waals surface area contributed by atoms with Crippen molar-refractivity contribution in [1.29, 1.82) is 0 Å². The predicted molar refractivity (Wildman–Crippen MR) is 70.7 cm³/mol. The van der Waals surface area contributed by atoms with E-state index in [9.17, 15) is 0 Å². The first-order chi connectivity index (χ1) is 8.29. The predicted octanol–water partition coefficient (Wildman–Crippen LogP) is 2.88. The summed E-state index contributed by atoms with van der Waals surface area (Å²) < 4.78 is 5.60. The van der Waals surface area contributed by atoms with Gasteiger partial charge in [-0.1, -0.05) is 17.7 Å². The summed E-state index contributed by atoms with van der Waals surface area (Å²) in [4.78, 5) is 4.14. The zero-order valence-electron chi connectivity index (χ0n) is 9.23. The minimum absolute atomic E-state index is 0.444. The Hall–Kier alpha value is -1.10. The zero-order valence-corrected chi connectivity index (χ0v) is 10.8. The summed E-state index contributed by atoms with van der Waals surface area (Å²) in [5.41, 5.74) is 9.31. The van der Waals surface area contributed by atoms with Crippen molar-refractivity contribution < 1.29 is 4.74 Å². The molecular formula is C12H13ClN2OS. The number of hydrogen-bond donors (Lipinski definition) is 1. The fourth-order valence-corrected chi connectivity index (χ4v) is 2.24. The van der Waals surface area contributed by atoms with Crippen LogP contribution >= 0.6 is 22.9 Å². The van der Waals surface area contributed by atoms with Crippen LogP contribution in [0, 0.1) is 0 Å². The van der Waals surface area contributed by atoms with Crippen LogP contribution in [0.25, 0.3) is 0 Å². The van der Waals surface area contributed by atoms with E-state index in [0.29, 0.717) is 23.9 Å². The van der Waals surface area contributed by atoms with Gasteiger partial charge in [0.15, 0.2) is 0 Å². The number of hydrogen-bond acceptors (Lipinski definition) is 4. The lowest BCUT2D eigenvalue weighted by atomic mass is 10.1. The SMILES string of the molecule is NCCc1ccc(OCc2cscn2)c(Cl)c1. The third-order valence-corrected chi connectivity index (χ3v) is 3.22. The van der Waals surface area contributed by atoms with Gasteiger partial charge in [0.1, 0.15) is 12.4 Å². The molecule has 0 unspecified atom stereocenters. The highest BCUT2D eigenvalue weighted by molar-refractivity contribution is 7.07. The highest BCUT2D eigenvalue weighted by Crippen LogP contribution is 2.26. The Morgan fingerprint density at radius 1 is 1.41 bits per heavy atom. The molecule has 0 fully saturated rings. The Bertz CT molecular complexity index is 473. The van der Waals surface area contributed by atoms with Crippen molar-refractivity contribution in [2.24, 2.45) is 5.73 Å². The van der Waals surface area contributed by atoms with E-state index in [0.717, 1.165) is 17.7 Å². The van der Waals surface area contributed by atoms with E-state index < -0.39 is 0 Å². The van der Waals surface area contributed by atoms with Crippen LogP contribution in [-0.4, -0.2) is 11.5 Å². The Balaban J connectivity index is 2.01. The maximum absolute atomic E-state index is 6.12. The molecule has 0 aliphatic carbocycles. The van der Waals surface area contributed by atoms with Crippen LogP contribution in [0.5, 0.6) is 5.75 Å². The van der Waals surface area contributed by atoms with Crippen LogP contribution in [0.15, 0.2) is 29.1 Å². The first kappa shape index (κ1) is 12.4. The third-order valence-electron chi connectivity index (χ3n) is 2.29. The largest absolute Gasteiger partial charge is 0.486 e. The third kappa shape index (κ3) is 3.43. The molecule has 1 aromatic carbocycles. The molecule has 1 heterocycles. The normalized spacial score (nSPS) is 10.5. The van der Waals surface area contributed by atoms with Crippen molar-refractivity contribution in [1.82, 2.24) is 4.98 Å². The second kappa shape index (κ2) is 6.00. The van der Waals surface area contributed by atoms with Crippen molar-refractivity contribution in [3.63, 3.8) is 0 Å². The summed E-state index contributed by atoms with van der Waals surface area (Å²) in [5, 5.41) is 2.57. The lowest BCUT2D eigenvalue weighted by Crippen LogP contribution is -2.03. The van der Waals surface area contributed by atoms with Gasteiger partial charge in [-0.2, -0.15) is 0 Å². The highest BCUT2D eigenvalue weighted by atomic mass is 35.5. The lowest BCUT2D eigenvalue weighted by Gasteiger charge is -2.08. The molecule has 0 spiro atoms. The van der Waals surface area contributed by atoms with E-state index in [2.05, 4.69) is 4.98 Å². The number of halogens is 1. The van der Waals surface area contributed by atoms with Crippen LogP contribution < -0.4 is 10.5 Å². The monoisotopic (exact) mass is 268 g/mol. The summed E-state index contributed by atoms with van der Waals surface area (Å²) in [6, 6.07) is 5.75. The Morgan fingerprint density at radius 2 is 2.29 bits per heavy atom. The van der Waals surface area contributed by atoms with Gasteiger partial charge in [-0.25, -0.2) is 4.98 Å². The minimum atomic E-state index is 0.444. The molecule has 0 bridgehead atoms. The number of benzene rings is 1. The molecule has 3 nitrogen and oxygen atoms in total. The first-order valence-electron chi connectivity index (χ1n) is 5.28. The molecular weight excluding hydrogens is 256 g/mol. The zero-order chi connectivity index (χ0) is 12.1. The average Bonchev–Trinajstić information content (AvgIpc) is 2.81. The van der Waals surface area contributed by atoms with Gasteiger partial charge in [0.2, 0.25) is 0 Å².